The van der Waals surface area contributed by atoms with Crippen LogP contribution in [0.4, 0.5) is 0 Å². The van der Waals surface area contributed by atoms with Gasteiger partial charge in [-0.05, 0) is 12.8 Å². The molecule has 20 heavy (non-hydrogen) atoms. The van der Waals surface area contributed by atoms with E-state index in [0.29, 0.717) is 6.79 Å². The molecule has 118 valence electrons. The van der Waals surface area contributed by atoms with Crippen molar-refractivity contribution in [1.82, 2.24) is 0 Å². The van der Waals surface area contributed by atoms with Crippen LogP contribution >= 0.6 is 0 Å². The first kappa shape index (κ1) is 25.9. The minimum Gasteiger partial charge on any atom is -1.00 e. The predicted molar refractivity (Wildman–Crippen MR) is 84.3 cm³/mol. The van der Waals surface area contributed by atoms with Crippen LogP contribution in [0.1, 0.15) is 72.1 Å². The summed E-state index contributed by atoms with van der Waals surface area (Å²) >= 11 is 0. The van der Waals surface area contributed by atoms with Crippen molar-refractivity contribution < 1.29 is 21.9 Å². The van der Waals surface area contributed by atoms with E-state index in [1.54, 1.807) is 0 Å². The Hall–Kier alpha value is 0.976. The van der Waals surface area contributed by atoms with Crippen LogP contribution in [0.5, 0.6) is 0 Å². The van der Waals surface area contributed by atoms with E-state index in [2.05, 4.69) is 27.2 Å². The third kappa shape index (κ3) is 21.3. The Balaban J connectivity index is -0.00000144. The normalized spacial score (nSPS) is 11.6. The number of hydrogen-bond acceptors (Lipinski definition) is 2. The van der Waals surface area contributed by atoms with Gasteiger partial charge in [0.05, 0.1) is 0 Å². The molecule has 0 spiro atoms. The Morgan fingerprint density at radius 1 is 0.950 bits per heavy atom. The van der Waals surface area contributed by atoms with E-state index in [1.807, 2.05) is 0 Å². The summed E-state index contributed by atoms with van der Waals surface area (Å²) in [5.74, 6) is 0.790. The summed E-state index contributed by atoms with van der Waals surface area (Å²) in [7, 11) is 0. The maximum atomic E-state index is 5.46. The van der Waals surface area contributed by atoms with Crippen molar-refractivity contribution in [3.63, 3.8) is 0 Å². The molecule has 0 aromatic heterocycles. The molecule has 0 aliphatic heterocycles. The third-order valence-corrected chi connectivity index (χ3v) is 3.18. The van der Waals surface area contributed by atoms with Gasteiger partial charge in [0.15, 0.2) is 0 Å². The van der Waals surface area contributed by atoms with Gasteiger partial charge in [-0.1, -0.05) is 51.9 Å². The molecule has 0 saturated heterocycles. The molecule has 1 atom stereocenters. The first-order chi connectivity index (χ1) is 8.81. The van der Waals surface area contributed by atoms with E-state index in [1.165, 1.54) is 44.9 Å². The van der Waals surface area contributed by atoms with Gasteiger partial charge in [0.2, 0.25) is 0 Å². The predicted octanol–water partition coefficient (Wildman–Crippen LogP) is 1.60. The maximum absolute atomic E-state index is 5.46. The third-order valence-electron chi connectivity index (χ3n) is 3.18. The molecular weight excluding hydrogens is 284 g/mol. The quantitative estimate of drug-likeness (QED) is 0.210. The van der Waals surface area contributed by atoms with Crippen LogP contribution in [0.25, 0.3) is 0 Å². The van der Waals surface area contributed by atoms with Crippen molar-refractivity contribution in [2.24, 2.45) is 5.92 Å². The van der Waals surface area contributed by atoms with E-state index in [-0.39, 0.29) is 35.5 Å². The molecule has 2 nitrogen and oxygen atoms in total. The van der Waals surface area contributed by atoms with Gasteiger partial charge >= 0.3 is 23.1 Å². The molecule has 0 amide bonds. The fraction of sp³-hybridized carbons (Fsp3) is 0.938. The number of rotatable bonds is 14. The number of hydrogen-bond donors (Lipinski definition) is 0. The summed E-state index contributed by atoms with van der Waals surface area (Å²) in [5.41, 5.74) is 0. The van der Waals surface area contributed by atoms with Gasteiger partial charge in [0, 0.05) is 13.2 Å². The van der Waals surface area contributed by atoms with Crippen molar-refractivity contribution in [3.05, 3.63) is 6.42 Å². The molecule has 0 heterocycles. The fourth-order valence-electron chi connectivity index (χ4n) is 2.04. The summed E-state index contributed by atoms with van der Waals surface area (Å²) in [6.45, 7) is 8.83. The summed E-state index contributed by atoms with van der Waals surface area (Å²) in [4.78, 5) is 0. The number of ether oxygens (including phenoxy) is 2. The molecule has 4 heteroatoms. The van der Waals surface area contributed by atoms with Crippen LogP contribution in [0.2, 0.25) is 0 Å². The van der Waals surface area contributed by atoms with E-state index in [9.17, 15) is 0 Å². The molecule has 0 fully saturated rings. The molecule has 0 aromatic carbocycles. The van der Waals surface area contributed by atoms with E-state index < -0.39 is 0 Å². The smallest absolute Gasteiger partial charge is 1.00 e. The summed E-state index contributed by atoms with van der Waals surface area (Å²) in [6.07, 6.45) is 12.3. The molecule has 0 aromatic rings. The average Bonchev–Trinajstić information content (AvgIpc) is 2.36. The Morgan fingerprint density at radius 2 is 1.55 bits per heavy atom. The SMILES string of the molecule is C[CH-]CC(C)CCCOCOCCCCCCC.[Cl-].[Mg+2]. The largest absolute Gasteiger partial charge is 2.00 e. The first-order valence-corrected chi connectivity index (χ1v) is 7.74. The van der Waals surface area contributed by atoms with Crippen LogP contribution in [0, 0.1) is 12.3 Å². The molecule has 0 aliphatic carbocycles. The second kappa shape index (κ2) is 22.3. The Labute approximate surface area is 149 Å². The zero-order valence-corrected chi connectivity index (χ0v) is 16.0. The van der Waals surface area contributed by atoms with E-state index in [0.717, 1.165) is 25.6 Å². The zero-order valence-electron chi connectivity index (χ0n) is 13.8. The van der Waals surface area contributed by atoms with Crippen LogP contribution in [-0.2, 0) is 9.47 Å². The maximum Gasteiger partial charge on any atom is 2.00 e. The Kier molecular flexibility index (Phi) is 28.8. The van der Waals surface area contributed by atoms with Gasteiger partial charge in [0.1, 0.15) is 6.79 Å². The summed E-state index contributed by atoms with van der Waals surface area (Å²) in [6, 6.07) is 0. The van der Waals surface area contributed by atoms with Crippen LogP contribution < -0.4 is 12.4 Å². The van der Waals surface area contributed by atoms with Crippen molar-refractivity contribution in [2.75, 3.05) is 20.0 Å². The number of unbranched alkanes of at least 4 members (excludes halogenated alkanes) is 4. The van der Waals surface area contributed by atoms with Crippen molar-refractivity contribution in [2.45, 2.75) is 72.1 Å². The minimum atomic E-state index is 0. The fourth-order valence-corrected chi connectivity index (χ4v) is 2.04. The molecular formula is C16H33ClMgO2. The van der Waals surface area contributed by atoms with Gasteiger partial charge in [-0.2, -0.15) is 13.3 Å². The molecule has 0 radical (unpaired) electrons. The minimum absolute atomic E-state index is 0. The topological polar surface area (TPSA) is 18.5 Å². The van der Waals surface area contributed by atoms with Gasteiger partial charge in [-0.3, -0.25) is 0 Å². The van der Waals surface area contributed by atoms with Gasteiger partial charge < -0.3 is 28.3 Å². The van der Waals surface area contributed by atoms with E-state index >= 15 is 0 Å². The van der Waals surface area contributed by atoms with Crippen LogP contribution in [0.3, 0.4) is 0 Å². The second-order valence-electron chi connectivity index (χ2n) is 5.24. The number of halogens is 1. The van der Waals surface area contributed by atoms with Gasteiger partial charge in [-0.25, -0.2) is 0 Å². The summed E-state index contributed by atoms with van der Waals surface area (Å²) < 4.78 is 10.9. The average molecular weight is 317 g/mol. The Bertz CT molecular complexity index is 159. The zero-order chi connectivity index (χ0) is 13.5. The van der Waals surface area contributed by atoms with Crippen LogP contribution in [0.15, 0.2) is 0 Å². The van der Waals surface area contributed by atoms with Crippen molar-refractivity contribution >= 4 is 23.1 Å². The van der Waals surface area contributed by atoms with Crippen LogP contribution in [-0.4, -0.2) is 43.1 Å². The molecule has 0 rings (SSSR count). The molecule has 1 unspecified atom stereocenters. The van der Waals surface area contributed by atoms with Gasteiger partial charge in [0.25, 0.3) is 0 Å². The Morgan fingerprint density at radius 3 is 2.15 bits per heavy atom. The molecule has 0 bridgehead atoms. The molecule has 0 N–H and O–H groups in total. The molecule has 0 saturated carbocycles. The van der Waals surface area contributed by atoms with Crippen molar-refractivity contribution in [3.8, 4) is 0 Å². The van der Waals surface area contributed by atoms with Crippen molar-refractivity contribution in [1.29, 1.82) is 0 Å². The molecule has 0 aliphatic rings. The first-order valence-electron chi connectivity index (χ1n) is 7.74. The second-order valence-corrected chi connectivity index (χ2v) is 5.24. The van der Waals surface area contributed by atoms with E-state index in [4.69, 9.17) is 9.47 Å². The standard InChI is InChI=1S/C16H33O2.ClH.Mg/c1-4-6-7-8-9-13-17-15-18-14-10-12-16(3)11-5-2;;/h5,16H,4,6-15H2,1-3H3;1H;/q-1;;+2/p-1. The summed E-state index contributed by atoms with van der Waals surface area (Å²) in [5, 5.41) is 0. The van der Waals surface area contributed by atoms with Gasteiger partial charge in [-0.15, -0.1) is 0 Å². The monoisotopic (exact) mass is 316 g/mol.